The second-order valence-electron chi connectivity index (χ2n) is 7.56. The maximum Gasteiger partial charge on any atom is 0.251 e. The molecule has 0 amide bonds. The molecule has 3 aromatic rings. The summed E-state index contributed by atoms with van der Waals surface area (Å²) in [4.78, 5) is 1.51. The third-order valence-corrected chi connectivity index (χ3v) is 6.51. The van der Waals surface area contributed by atoms with E-state index in [1.54, 1.807) is 18.2 Å². The Hall–Kier alpha value is -3.16. The molecule has 1 aromatic heterocycles. The molecule has 2 aromatic carbocycles. The number of nitrogens with zero attached hydrogens (tertiary/aromatic N) is 2. The highest BCUT2D eigenvalue weighted by molar-refractivity contribution is 7.93. The Morgan fingerprint density at radius 1 is 1.16 bits per heavy atom. The molecule has 1 unspecified atom stereocenters. The molecule has 0 aliphatic rings. The number of hydrogen-bond donors (Lipinski definition) is 3. The Kier molecular flexibility index (Phi) is 7.01. The zero-order chi connectivity index (χ0) is 23.5. The molecule has 0 saturated heterocycles. The first-order valence-electron chi connectivity index (χ1n) is 9.87. The number of anilines is 1. The summed E-state index contributed by atoms with van der Waals surface area (Å²) in [6, 6.07) is 17.1. The Bertz CT molecular complexity index is 1300. The number of aliphatic hydroxyl groups excluding tert-OH is 2. The zero-order valence-corrected chi connectivity index (χ0v) is 18.8. The molecule has 0 aliphatic carbocycles. The first kappa shape index (κ1) is 23.5. The van der Waals surface area contributed by atoms with Crippen LogP contribution in [0, 0.1) is 11.3 Å². The van der Waals surface area contributed by atoms with Crippen molar-refractivity contribution < 1.29 is 23.0 Å². The predicted molar refractivity (Wildman–Crippen MR) is 124 cm³/mol. The molecule has 168 valence electrons. The fraction of sp³-hybridized carbons (Fsp3) is 0.261. The van der Waals surface area contributed by atoms with Gasteiger partial charge in [-0.15, -0.1) is 0 Å². The molecule has 32 heavy (non-hydrogen) atoms. The van der Waals surface area contributed by atoms with E-state index in [2.05, 4.69) is 10.8 Å². The highest BCUT2D eigenvalue weighted by atomic mass is 32.2. The molecule has 0 aliphatic heterocycles. The number of furan rings is 1. The minimum Gasteiger partial charge on any atom is -0.456 e. The molecule has 0 spiro atoms. The molecular formula is C23H25N3O5S. The van der Waals surface area contributed by atoms with Gasteiger partial charge in [0.2, 0.25) is 0 Å². The maximum atomic E-state index is 12.5. The Morgan fingerprint density at radius 2 is 1.84 bits per heavy atom. The highest BCUT2D eigenvalue weighted by Crippen LogP contribution is 2.31. The van der Waals surface area contributed by atoms with Gasteiger partial charge in [-0.05, 0) is 48.0 Å². The smallest absolute Gasteiger partial charge is 0.251 e. The lowest BCUT2D eigenvalue weighted by Crippen LogP contribution is -2.34. The number of fused-ring (bicyclic) bond motifs is 1. The summed E-state index contributed by atoms with van der Waals surface area (Å²) in [5.74, 6) is 0.781. The normalized spacial score (nSPS) is 13.5. The summed E-state index contributed by atoms with van der Waals surface area (Å²) in [6.45, 7) is 0.468. The largest absolute Gasteiger partial charge is 0.456 e. The fourth-order valence-corrected chi connectivity index (χ4v) is 4.34. The minimum absolute atomic E-state index is 0.140. The van der Waals surface area contributed by atoms with Crippen LogP contribution >= 0.6 is 0 Å². The van der Waals surface area contributed by atoms with Crippen LogP contribution in [0.1, 0.15) is 12.7 Å². The average molecular weight is 456 g/mol. The van der Waals surface area contributed by atoms with Crippen molar-refractivity contribution >= 4 is 32.1 Å². The number of sulfonamides is 1. The molecule has 0 radical (unpaired) electrons. The van der Waals surface area contributed by atoms with Gasteiger partial charge in [0.25, 0.3) is 10.0 Å². The van der Waals surface area contributed by atoms with E-state index < -0.39 is 34.2 Å². The van der Waals surface area contributed by atoms with Gasteiger partial charge in [0, 0.05) is 37.5 Å². The van der Waals surface area contributed by atoms with E-state index in [4.69, 9.17) is 9.52 Å². The van der Waals surface area contributed by atoms with Crippen LogP contribution in [0.15, 0.2) is 57.9 Å². The van der Waals surface area contributed by atoms with E-state index in [0.717, 1.165) is 22.0 Å². The molecule has 0 bridgehead atoms. The lowest BCUT2D eigenvalue weighted by Gasteiger charge is -2.13. The van der Waals surface area contributed by atoms with E-state index in [0.29, 0.717) is 5.76 Å². The van der Waals surface area contributed by atoms with Gasteiger partial charge >= 0.3 is 0 Å². The molecule has 1 heterocycles. The van der Waals surface area contributed by atoms with Crippen LogP contribution in [0.3, 0.4) is 0 Å². The van der Waals surface area contributed by atoms with Gasteiger partial charge in [0.1, 0.15) is 17.6 Å². The number of benzene rings is 2. The van der Waals surface area contributed by atoms with Crippen LogP contribution in [0.5, 0.6) is 0 Å². The molecular weight excluding hydrogens is 430 g/mol. The standard InChI is InChI=1S/C23H25N3O5S/c1-15(23(12-24)32(29,30)25-13-20(28)14-27)21-8-9-22(31-21)18-5-4-17-11-19(26(2)3)7-6-16(17)10-18/h4-11,20,25,27-28H,13-14H2,1-3H3/b23-15+. The third-order valence-electron chi connectivity index (χ3n) is 5.03. The van der Waals surface area contributed by atoms with Crippen molar-refractivity contribution in [1.29, 1.82) is 5.26 Å². The quantitative estimate of drug-likeness (QED) is 0.446. The molecule has 3 N–H and O–H groups in total. The van der Waals surface area contributed by atoms with E-state index in [-0.39, 0.29) is 11.3 Å². The number of nitrogens with one attached hydrogen (secondary N) is 1. The second-order valence-corrected chi connectivity index (χ2v) is 9.26. The first-order chi connectivity index (χ1) is 15.2. The monoisotopic (exact) mass is 455 g/mol. The number of aliphatic hydroxyl groups is 2. The Labute approximate surface area is 187 Å². The van der Waals surface area contributed by atoms with Crippen LogP contribution in [0.4, 0.5) is 5.69 Å². The van der Waals surface area contributed by atoms with E-state index in [9.17, 15) is 18.8 Å². The molecule has 0 saturated carbocycles. The van der Waals surface area contributed by atoms with Crippen molar-refractivity contribution in [1.82, 2.24) is 4.72 Å². The van der Waals surface area contributed by atoms with Crippen LogP contribution < -0.4 is 9.62 Å². The van der Waals surface area contributed by atoms with Gasteiger partial charge in [0.05, 0.1) is 12.7 Å². The number of allylic oxidation sites excluding steroid dienone is 2. The van der Waals surface area contributed by atoms with E-state index >= 15 is 0 Å². The lowest BCUT2D eigenvalue weighted by molar-refractivity contribution is 0.0989. The summed E-state index contributed by atoms with van der Waals surface area (Å²) < 4.78 is 32.9. The Morgan fingerprint density at radius 3 is 2.50 bits per heavy atom. The van der Waals surface area contributed by atoms with Crippen LogP contribution in [-0.2, 0) is 10.0 Å². The molecule has 0 fully saturated rings. The Balaban J connectivity index is 1.92. The van der Waals surface area contributed by atoms with Crippen molar-refractivity contribution in [2.75, 3.05) is 32.1 Å². The minimum atomic E-state index is -4.19. The lowest BCUT2D eigenvalue weighted by atomic mass is 10.0. The zero-order valence-electron chi connectivity index (χ0n) is 18.0. The van der Waals surface area contributed by atoms with Crippen molar-refractivity contribution in [2.24, 2.45) is 0 Å². The highest BCUT2D eigenvalue weighted by Gasteiger charge is 2.23. The van der Waals surface area contributed by atoms with Crippen LogP contribution in [0.2, 0.25) is 0 Å². The number of hydrogen-bond acceptors (Lipinski definition) is 7. The fourth-order valence-electron chi connectivity index (χ4n) is 3.16. The number of nitriles is 1. The van der Waals surface area contributed by atoms with Crippen LogP contribution in [0.25, 0.3) is 27.7 Å². The maximum absolute atomic E-state index is 12.5. The second kappa shape index (κ2) is 9.54. The molecule has 9 heteroatoms. The predicted octanol–water partition coefficient (Wildman–Crippen LogP) is 2.69. The van der Waals surface area contributed by atoms with Crippen LogP contribution in [-0.4, -0.2) is 52.0 Å². The summed E-state index contributed by atoms with van der Waals surface area (Å²) in [7, 11) is -0.223. The molecule has 8 nitrogen and oxygen atoms in total. The summed E-state index contributed by atoms with van der Waals surface area (Å²) >= 11 is 0. The first-order valence-corrected chi connectivity index (χ1v) is 11.4. The van der Waals surface area contributed by atoms with Crippen molar-refractivity contribution in [3.63, 3.8) is 0 Å². The molecule has 3 rings (SSSR count). The third kappa shape index (κ3) is 5.00. The van der Waals surface area contributed by atoms with E-state index in [1.165, 1.54) is 6.92 Å². The average Bonchev–Trinajstić information content (AvgIpc) is 3.27. The summed E-state index contributed by atoms with van der Waals surface area (Å²) in [5, 5.41) is 29.8. The van der Waals surface area contributed by atoms with Gasteiger partial charge in [-0.3, -0.25) is 0 Å². The molecule has 1 atom stereocenters. The van der Waals surface area contributed by atoms with Crippen molar-refractivity contribution in [3.8, 4) is 17.4 Å². The van der Waals surface area contributed by atoms with Gasteiger partial charge in [-0.2, -0.15) is 5.26 Å². The van der Waals surface area contributed by atoms with Gasteiger partial charge in [-0.25, -0.2) is 13.1 Å². The number of rotatable bonds is 8. The van der Waals surface area contributed by atoms with Gasteiger partial charge in [0.15, 0.2) is 4.91 Å². The van der Waals surface area contributed by atoms with Gasteiger partial charge < -0.3 is 19.5 Å². The van der Waals surface area contributed by atoms with E-state index in [1.807, 2.05) is 49.3 Å². The SMILES string of the molecule is C/C(=C(/C#N)S(=O)(=O)NCC(O)CO)c1ccc(-c2ccc3cc(N(C)C)ccc3c2)o1. The van der Waals surface area contributed by atoms with Crippen molar-refractivity contribution in [2.45, 2.75) is 13.0 Å². The topological polar surface area (TPSA) is 127 Å². The summed E-state index contributed by atoms with van der Waals surface area (Å²) in [5.41, 5.74) is 2.05. The van der Waals surface area contributed by atoms with Gasteiger partial charge in [-0.1, -0.05) is 18.2 Å². The summed E-state index contributed by atoms with van der Waals surface area (Å²) in [6.07, 6.45) is -1.26. The van der Waals surface area contributed by atoms with Crippen molar-refractivity contribution in [3.05, 3.63) is 59.2 Å².